The van der Waals surface area contributed by atoms with Gasteiger partial charge in [0.25, 0.3) is 5.91 Å². The van der Waals surface area contributed by atoms with E-state index in [1.807, 2.05) is 18.2 Å². The fourth-order valence-corrected chi connectivity index (χ4v) is 1.96. The van der Waals surface area contributed by atoms with Crippen LogP contribution in [-0.2, 0) is 0 Å². The van der Waals surface area contributed by atoms with E-state index in [0.717, 1.165) is 11.1 Å². The van der Waals surface area contributed by atoms with Gasteiger partial charge in [-0.15, -0.1) is 0 Å². The van der Waals surface area contributed by atoms with Crippen molar-refractivity contribution in [2.45, 2.75) is 0 Å². The Morgan fingerprint density at radius 3 is 2.59 bits per heavy atom. The summed E-state index contributed by atoms with van der Waals surface area (Å²) < 4.78 is 0. The Labute approximate surface area is 131 Å². The second-order valence-corrected chi connectivity index (χ2v) is 4.93. The maximum absolute atomic E-state index is 12.0. The van der Waals surface area contributed by atoms with Crippen LogP contribution in [0.5, 0.6) is 0 Å². The average Bonchev–Trinajstić information content (AvgIpc) is 2.56. The lowest BCUT2D eigenvalue weighted by molar-refractivity contribution is 0.0950. The Hall–Kier alpha value is -2.79. The van der Waals surface area contributed by atoms with E-state index >= 15 is 0 Å². The third-order valence-corrected chi connectivity index (χ3v) is 3.18. The topological polar surface area (TPSA) is 67.2 Å². The van der Waals surface area contributed by atoms with Gasteiger partial charge in [0.1, 0.15) is 5.69 Å². The minimum Gasteiger partial charge on any atom is -0.265 e. The van der Waals surface area contributed by atoms with Gasteiger partial charge in [-0.05, 0) is 29.8 Å². The smallest absolute Gasteiger partial charge is 0.265 e. The first-order valence-corrected chi connectivity index (χ1v) is 6.91. The van der Waals surface area contributed by atoms with Gasteiger partial charge in [0.15, 0.2) is 0 Å². The Bertz CT molecular complexity index is 846. The van der Waals surface area contributed by atoms with Crippen LogP contribution in [0.3, 0.4) is 0 Å². The molecule has 0 unspecified atom stereocenters. The number of amides is 1. The lowest BCUT2D eigenvalue weighted by atomic mass is 10.2. The third kappa shape index (κ3) is 3.27. The predicted molar refractivity (Wildman–Crippen MR) is 86.1 cm³/mol. The van der Waals surface area contributed by atoms with Gasteiger partial charge in [-0.25, -0.2) is 10.4 Å². The first-order chi connectivity index (χ1) is 10.7. The number of carbonyl (C=O) groups is 1. The Morgan fingerprint density at radius 2 is 1.82 bits per heavy atom. The van der Waals surface area contributed by atoms with Crippen molar-refractivity contribution in [3.8, 4) is 0 Å². The number of hydrogen-bond acceptors (Lipinski definition) is 4. The van der Waals surface area contributed by atoms with Crippen LogP contribution < -0.4 is 5.43 Å². The number of rotatable bonds is 3. The zero-order valence-electron chi connectivity index (χ0n) is 11.4. The van der Waals surface area contributed by atoms with Crippen LogP contribution in [0.4, 0.5) is 0 Å². The van der Waals surface area contributed by atoms with Crippen LogP contribution in [0.15, 0.2) is 59.8 Å². The molecule has 0 bridgehead atoms. The quantitative estimate of drug-likeness (QED) is 0.597. The van der Waals surface area contributed by atoms with E-state index in [1.165, 1.54) is 12.4 Å². The Kier molecular flexibility index (Phi) is 4.07. The summed E-state index contributed by atoms with van der Waals surface area (Å²) in [4.78, 5) is 20.4. The number of hydrazone groups is 1. The van der Waals surface area contributed by atoms with Crippen LogP contribution in [0.2, 0.25) is 5.02 Å². The summed E-state index contributed by atoms with van der Waals surface area (Å²) in [6.07, 6.45) is 2.96. The highest BCUT2D eigenvalue weighted by molar-refractivity contribution is 6.30. The molecule has 1 aromatic heterocycles. The van der Waals surface area contributed by atoms with Crippen molar-refractivity contribution >= 4 is 34.8 Å². The Balaban J connectivity index is 1.71. The molecular weight excluding hydrogens is 300 g/mol. The van der Waals surface area contributed by atoms with Gasteiger partial charge in [-0.3, -0.25) is 9.78 Å². The first-order valence-electron chi connectivity index (χ1n) is 6.53. The molecule has 1 amide bonds. The molecular formula is C16H11ClN4O. The van der Waals surface area contributed by atoms with Gasteiger partial charge in [-0.2, -0.15) is 5.10 Å². The highest BCUT2D eigenvalue weighted by Gasteiger charge is 2.07. The number of hydrogen-bond donors (Lipinski definition) is 1. The lowest BCUT2D eigenvalue weighted by Crippen LogP contribution is -2.19. The summed E-state index contributed by atoms with van der Waals surface area (Å²) in [5, 5.41) is 4.54. The van der Waals surface area contributed by atoms with Gasteiger partial charge in [0.2, 0.25) is 0 Å². The molecule has 0 fully saturated rings. The van der Waals surface area contributed by atoms with E-state index in [-0.39, 0.29) is 5.69 Å². The molecule has 0 spiro atoms. The van der Waals surface area contributed by atoms with Crippen LogP contribution in [0.25, 0.3) is 11.0 Å². The van der Waals surface area contributed by atoms with Crippen molar-refractivity contribution in [2.24, 2.45) is 5.10 Å². The molecule has 1 N–H and O–H groups in total. The maximum atomic E-state index is 12.0. The summed E-state index contributed by atoms with van der Waals surface area (Å²) >= 11 is 5.79. The summed E-state index contributed by atoms with van der Waals surface area (Å²) in [7, 11) is 0. The van der Waals surface area contributed by atoms with E-state index in [2.05, 4.69) is 20.5 Å². The molecule has 0 aliphatic carbocycles. The molecule has 1 heterocycles. The van der Waals surface area contributed by atoms with Gasteiger partial charge in [0, 0.05) is 5.02 Å². The van der Waals surface area contributed by atoms with Crippen molar-refractivity contribution in [3.63, 3.8) is 0 Å². The van der Waals surface area contributed by atoms with Crippen LogP contribution in [-0.4, -0.2) is 22.1 Å². The summed E-state index contributed by atoms with van der Waals surface area (Å²) in [6, 6.07) is 14.4. The van der Waals surface area contributed by atoms with E-state index in [9.17, 15) is 4.79 Å². The number of para-hydroxylation sites is 2. The largest absolute Gasteiger partial charge is 0.291 e. The molecule has 0 saturated heterocycles. The molecule has 108 valence electrons. The molecule has 0 radical (unpaired) electrons. The molecule has 0 atom stereocenters. The zero-order chi connectivity index (χ0) is 15.4. The third-order valence-electron chi connectivity index (χ3n) is 2.93. The molecule has 22 heavy (non-hydrogen) atoms. The van der Waals surface area contributed by atoms with Crippen molar-refractivity contribution in [1.82, 2.24) is 15.4 Å². The molecule has 0 aliphatic heterocycles. The monoisotopic (exact) mass is 310 g/mol. The molecule has 5 nitrogen and oxygen atoms in total. The lowest BCUT2D eigenvalue weighted by Gasteiger charge is -2.01. The number of benzene rings is 2. The van der Waals surface area contributed by atoms with Gasteiger partial charge in [-0.1, -0.05) is 35.9 Å². The van der Waals surface area contributed by atoms with Crippen molar-refractivity contribution in [1.29, 1.82) is 0 Å². The SMILES string of the molecule is O=C(N/N=C/c1ccc(Cl)cc1)c1cnc2ccccc2n1. The standard InChI is InChI=1S/C16H11ClN4O/c17-12-7-5-11(6-8-12)9-19-21-16(22)15-10-18-13-3-1-2-4-14(13)20-15/h1-10H,(H,21,22)/b19-9+. The highest BCUT2D eigenvalue weighted by atomic mass is 35.5. The van der Waals surface area contributed by atoms with E-state index in [4.69, 9.17) is 11.6 Å². The Morgan fingerprint density at radius 1 is 1.09 bits per heavy atom. The van der Waals surface area contributed by atoms with Crippen LogP contribution in [0.1, 0.15) is 16.1 Å². The molecule has 2 aromatic carbocycles. The van der Waals surface area contributed by atoms with Crippen LogP contribution >= 0.6 is 11.6 Å². The van der Waals surface area contributed by atoms with Gasteiger partial charge >= 0.3 is 0 Å². The highest BCUT2D eigenvalue weighted by Crippen LogP contribution is 2.09. The van der Waals surface area contributed by atoms with Crippen molar-refractivity contribution < 1.29 is 4.79 Å². The fraction of sp³-hybridized carbons (Fsp3) is 0. The minimum atomic E-state index is -0.413. The molecule has 0 aliphatic rings. The van der Waals surface area contributed by atoms with E-state index < -0.39 is 5.91 Å². The normalized spacial score (nSPS) is 11.0. The second-order valence-electron chi connectivity index (χ2n) is 4.49. The molecule has 0 saturated carbocycles. The van der Waals surface area contributed by atoms with Crippen molar-refractivity contribution in [2.75, 3.05) is 0 Å². The van der Waals surface area contributed by atoms with Gasteiger partial charge in [0.05, 0.1) is 23.4 Å². The van der Waals surface area contributed by atoms with Crippen molar-refractivity contribution in [3.05, 3.63) is 71.0 Å². The number of fused-ring (bicyclic) bond motifs is 1. The summed E-state index contributed by atoms with van der Waals surface area (Å²) in [5.41, 5.74) is 4.87. The number of nitrogens with zero attached hydrogens (tertiary/aromatic N) is 3. The number of aromatic nitrogens is 2. The van der Waals surface area contributed by atoms with E-state index in [0.29, 0.717) is 10.5 Å². The fourth-order valence-electron chi connectivity index (χ4n) is 1.84. The number of carbonyl (C=O) groups excluding carboxylic acids is 1. The average molecular weight is 311 g/mol. The molecule has 6 heteroatoms. The molecule has 3 aromatic rings. The van der Waals surface area contributed by atoms with E-state index in [1.54, 1.807) is 30.3 Å². The maximum Gasteiger partial charge on any atom is 0.291 e. The summed E-state index contributed by atoms with van der Waals surface area (Å²) in [5.74, 6) is -0.413. The second kappa shape index (κ2) is 6.32. The van der Waals surface area contributed by atoms with Gasteiger partial charge < -0.3 is 0 Å². The summed E-state index contributed by atoms with van der Waals surface area (Å²) in [6.45, 7) is 0. The number of nitrogens with one attached hydrogen (secondary N) is 1. The number of halogens is 1. The zero-order valence-corrected chi connectivity index (χ0v) is 12.2. The van der Waals surface area contributed by atoms with Crippen LogP contribution in [0, 0.1) is 0 Å². The predicted octanol–water partition coefficient (Wildman–Crippen LogP) is 3.05. The molecule has 3 rings (SSSR count). The minimum absolute atomic E-state index is 0.215. The first kappa shape index (κ1) is 14.2.